The number of carbonyl (C=O) groups is 1. The van der Waals surface area contributed by atoms with Crippen LogP contribution in [0.3, 0.4) is 0 Å². The Balaban J connectivity index is 1.65. The predicted molar refractivity (Wildman–Crippen MR) is 55.6 cm³/mol. The summed E-state index contributed by atoms with van der Waals surface area (Å²) in [5.74, 6) is 0.481. The molecular formula is C10H15N3O3. The maximum Gasteiger partial charge on any atom is 0.246 e. The lowest BCUT2D eigenvalue weighted by molar-refractivity contribution is -0.136. The SMILES string of the molecule is CC1(OCC(=O)NCc2ccno2)CNC1. The highest BCUT2D eigenvalue weighted by Crippen LogP contribution is 2.14. The van der Waals surface area contributed by atoms with Crippen LogP contribution in [0.15, 0.2) is 16.8 Å². The Kier molecular flexibility index (Phi) is 3.21. The van der Waals surface area contributed by atoms with Crippen LogP contribution in [0.5, 0.6) is 0 Å². The number of aromatic nitrogens is 1. The Bertz CT molecular complexity index is 346. The van der Waals surface area contributed by atoms with Crippen LogP contribution in [-0.4, -0.2) is 36.4 Å². The molecule has 0 radical (unpaired) electrons. The van der Waals surface area contributed by atoms with Crippen molar-refractivity contribution in [3.8, 4) is 0 Å². The van der Waals surface area contributed by atoms with E-state index in [4.69, 9.17) is 9.26 Å². The normalized spacial score (nSPS) is 17.8. The molecule has 1 amide bonds. The van der Waals surface area contributed by atoms with Crippen LogP contribution >= 0.6 is 0 Å². The molecular weight excluding hydrogens is 210 g/mol. The quantitative estimate of drug-likeness (QED) is 0.717. The number of carbonyl (C=O) groups excluding carboxylic acids is 1. The third-order valence-electron chi connectivity index (χ3n) is 2.50. The summed E-state index contributed by atoms with van der Waals surface area (Å²) in [7, 11) is 0. The van der Waals surface area contributed by atoms with E-state index in [1.54, 1.807) is 12.3 Å². The summed E-state index contributed by atoms with van der Waals surface area (Å²) in [6, 6.07) is 1.71. The van der Waals surface area contributed by atoms with Crippen LogP contribution in [0.4, 0.5) is 0 Å². The van der Waals surface area contributed by atoms with Crippen LogP contribution in [0.25, 0.3) is 0 Å². The smallest absolute Gasteiger partial charge is 0.246 e. The van der Waals surface area contributed by atoms with Gasteiger partial charge in [0, 0.05) is 19.2 Å². The lowest BCUT2D eigenvalue weighted by Crippen LogP contribution is -2.59. The van der Waals surface area contributed by atoms with Crippen molar-refractivity contribution in [3.05, 3.63) is 18.0 Å². The van der Waals surface area contributed by atoms with Gasteiger partial charge < -0.3 is 19.9 Å². The molecule has 1 fully saturated rings. The van der Waals surface area contributed by atoms with Crippen molar-refractivity contribution in [1.82, 2.24) is 15.8 Å². The second-order valence-electron chi connectivity index (χ2n) is 4.10. The minimum atomic E-state index is -0.191. The number of nitrogens with zero attached hydrogens (tertiary/aromatic N) is 1. The predicted octanol–water partition coefficient (Wildman–Crippen LogP) is -0.331. The molecule has 0 aromatic carbocycles. The number of hydrogen-bond donors (Lipinski definition) is 2. The van der Waals surface area contributed by atoms with Gasteiger partial charge in [0.1, 0.15) is 6.61 Å². The van der Waals surface area contributed by atoms with Crippen molar-refractivity contribution in [3.63, 3.8) is 0 Å². The van der Waals surface area contributed by atoms with Gasteiger partial charge >= 0.3 is 0 Å². The fourth-order valence-electron chi connectivity index (χ4n) is 1.39. The number of hydrogen-bond acceptors (Lipinski definition) is 5. The van der Waals surface area contributed by atoms with Crippen LogP contribution in [-0.2, 0) is 16.1 Å². The molecule has 0 unspecified atom stereocenters. The first-order valence-corrected chi connectivity index (χ1v) is 5.19. The monoisotopic (exact) mass is 225 g/mol. The first kappa shape index (κ1) is 11.1. The van der Waals surface area contributed by atoms with Gasteiger partial charge in [-0.2, -0.15) is 0 Å². The number of rotatable bonds is 5. The summed E-state index contributed by atoms with van der Waals surface area (Å²) in [5, 5.41) is 9.33. The summed E-state index contributed by atoms with van der Waals surface area (Å²) in [6.07, 6.45) is 1.54. The molecule has 6 nitrogen and oxygen atoms in total. The molecule has 1 aromatic heterocycles. The standard InChI is InChI=1S/C10H15N3O3/c1-10(6-11-7-10)15-5-9(14)12-4-8-2-3-13-16-8/h2-3,11H,4-7H2,1H3,(H,12,14). The molecule has 16 heavy (non-hydrogen) atoms. The summed E-state index contributed by atoms with van der Waals surface area (Å²) >= 11 is 0. The van der Waals surface area contributed by atoms with Crippen LogP contribution < -0.4 is 10.6 Å². The van der Waals surface area contributed by atoms with Gasteiger partial charge in [-0.3, -0.25) is 4.79 Å². The lowest BCUT2D eigenvalue weighted by Gasteiger charge is -2.38. The van der Waals surface area contributed by atoms with Gasteiger partial charge in [0.05, 0.1) is 18.3 Å². The van der Waals surface area contributed by atoms with E-state index < -0.39 is 0 Å². The van der Waals surface area contributed by atoms with Gasteiger partial charge in [-0.05, 0) is 6.92 Å². The van der Waals surface area contributed by atoms with E-state index in [1.165, 1.54) is 0 Å². The Hall–Kier alpha value is -1.40. The molecule has 1 aliphatic rings. The van der Waals surface area contributed by atoms with Crippen molar-refractivity contribution in [2.24, 2.45) is 0 Å². The van der Waals surface area contributed by atoms with E-state index in [9.17, 15) is 4.79 Å². The molecule has 0 aliphatic carbocycles. The lowest BCUT2D eigenvalue weighted by atomic mass is 10.0. The summed E-state index contributed by atoms with van der Waals surface area (Å²) in [6.45, 7) is 3.99. The molecule has 6 heteroatoms. The molecule has 0 atom stereocenters. The number of nitrogens with one attached hydrogen (secondary N) is 2. The van der Waals surface area contributed by atoms with Crippen LogP contribution in [0.2, 0.25) is 0 Å². The fraction of sp³-hybridized carbons (Fsp3) is 0.600. The van der Waals surface area contributed by atoms with Crippen molar-refractivity contribution >= 4 is 5.91 Å². The molecule has 2 N–H and O–H groups in total. The highest BCUT2D eigenvalue weighted by Gasteiger charge is 2.32. The van der Waals surface area contributed by atoms with Gasteiger partial charge in [0.25, 0.3) is 0 Å². The molecule has 0 bridgehead atoms. The molecule has 2 rings (SSSR count). The highest BCUT2D eigenvalue weighted by molar-refractivity contribution is 5.77. The Morgan fingerprint density at radius 2 is 2.56 bits per heavy atom. The Labute approximate surface area is 93.3 Å². The molecule has 0 saturated carbocycles. The third kappa shape index (κ3) is 2.80. The highest BCUT2D eigenvalue weighted by atomic mass is 16.5. The van der Waals surface area contributed by atoms with E-state index in [0.29, 0.717) is 12.3 Å². The minimum absolute atomic E-state index is 0.0757. The van der Waals surface area contributed by atoms with Crippen molar-refractivity contribution in [1.29, 1.82) is 0 Å². The minimum Gasteiger partial charge on any atom is -0.363 e. The van der Waals surface area contributed by atoms with Crippen LogP contribution in [0.1, 0.15) is 12.7 Å². The van der Waals surface area contributed by atoms with Crippen molar-refractivity contribution in [2.75, 3.05) is 19.7 Å². The number of amides is 1. The summed E-state index contributed by atoms with van der Waals surface area (Å²) in [4.78, 5) is 11.4. The molecule has 0 spiro atoms. The average molecular weight is 225 g/mol. The van der Waals surface area contributed by atoms with Gasteiger partial charge in [0.15, 0.2) is 5.76 Å². The average Bonchev–Trinajstić information content (AvgIpc) is 2.73. The molecule has 2 heterocycles. The van der Waals surface area contributed by atoms with Crippen molar-refractivity contribution in [2.45, 2.75) is 19.1 Å². The first-order valence-electron chi connectivity index (χ1n) is 5.19. The van der Waals surface area contributed by atoms with E-state index >= 15 is 0 Å². The molecule has 1 aromatic rings. The molecule has 1 aliphatic heterocycles. The van der Waals surface area contributed by atoms with Gasteiger partial charge in [-0.25, -0.2) is 0 Å². The van der Waals surface area contributed by atoms with E-state index in [-0.39, 0.29) is 18.1 Å². The second-order valence-corrected chi connectivity index (χ2v) is 4.10. The first-order chi connectivity index (χ1) is 7.68. The van der Waals surface area contributed by atoms with Crippen LogP contribution in [0, 0.1) is 0 Å². The summed E-state index contributed by atoms with van der Waals surface area (Å²) in [5.41, 5.74) is -0.191. The number of ether oxygens (including phenoxy) is 1. The van der Waals surface area contributed by atoms with E-state index in [2.05, 4.69) is 15.8 Å². The van der Waals surface area contributed by atoms with E-state index in [0.717, 1.165) is 13.1 Å². The van der Waals surface area contributed by atoms with Gasteiger partial charge in [-0.1, -0.05) is 5.16 Å². The molecule has 1 saturated heterocycles. The van der Waals surface area contributed by atoms with E-state index in [1.807, 2.05) is 6.92 Å². The topological polar surface area (TPSA) is 76.4 Å². The largest absolute Gasteiger partial charge is 0.363 e. The fourth-order valence-corrected chi connectivity index (χ4v) is 1.39. The second kappa shape index (κ2) is 4.63. The van der Waals surface area contributed by atoms with Crippen molar-refractivity contribution < 1.29 is 14.1 Å². The zero-order valence-electron chi connectivity index (χ0n) is 9.16. The Morgan fingerprint density at radius 1 is 1.75 bits per heavy atom. The zero-order chi connectivity index (χ0) is 11.4. The zero-order valence-corrected chi connectivity index (χ0v) is 9.16. The van der Waals surface area contributed by atoms with Gasteiger partial charge in [-0.15, -0.1) is 0 Å². The Morgan fingerprint density at radius 3 is 3.12 bits per heavy atom. The molecule has 88 valence electrons. The van der Waals surface area contributed by atoms with Gasteiger partial charge in [0.2, 0.25) is 5.91 Å². The third-order valence-corrected chi connectivity index (χ3v) is 2.50. The maximum absolute atomic E-state index is 11.4. The maximum atomic E-state index is 11.4. The summed E-state index contributed by atoms with van der Waals surface area (Å²) < 4.78 is 10.3.